The van der Waals surface area contributed by atoms with Gasteiger partial charge in [0.15, 0.2) is 5.72 Å². The molecule has 1 amide bonds. The number of rotatable bonds is 4. The molecule has 142 valence electrons. The Bertz CT molecular complexity index is 1040. The van der Waals surface area contributed by atoms with Crippen molar-refractivity contribution in [3.05, 3.63) is 97.7 Å². The normalized spacial score (nSPS) is 18.4. The molecule has 1 aliphatic heterocycles. The number of nitrogens with zero attached hydrogens (tertiary/aromatic N) is 2. The van der Waals surface area contributed by atoms with E-state index in [-0.39, 0.29) is 12.5 Å². The Morgan fingerprint density at radius 3 is 2.43 bits per heavy atom. The first kappa shape index (κ1) is 19.4. The van der Waals surface area contributed by atoms with Crippen LogP contribution in [-0.2, 0) is 17.0 Å². The van der Waals surface area contributed by atoms with Crippen LogP contribution in [0.3, 0.4) is 0 Å². The van der Waals surface area contributed by atoms with Crippen LogP contribution in [0.5, 0.6) is 0 Å². The average molecular weight is 478 g/mol. The van der Waals surface area contributed by atoms with Gasteiger partial charge in [0.25, 0.3) is 5.91 Å². The van der Waals surface area contributed by atoms with Crippen LogP contribution in [0.15, 0.2) is 65.3 Å². The zero-order valence-electron chi connectivity index (χ0n) is 14.8. The first-order valence-electron chi connectivity index (χ1n) is 8.49. The van der Waals surface area contributed by atoms with Crippen molar-refractivity contribution in [3.8, 4) is 0 Å². The summed E-state index contributed by atoms with van der Waals surface area (Å²) in [5, 5.41) is 1.15. The zero-order chi connectivity index (χ0) is 19.9. The van der Waals surface area contributed by atoms with Gasteiger partial charge in [-0.15, -0.1) is 0 Å². The number of pyridine rings is 1. The van der Waals surface area contributed by atoms with E-state index in [4.69, 9.17) is 27.9 Å². The van der Waals surface area contributed by atoms with Gasteiger partial charge in [0.05, 0.1) is 17.3 Å². The summed E-state index contributed by atoms with van der Waals surface area (Å²) >= 11 is 15.5. The lowest BCUT2D eigenvalue weighted by atomic mass is 9.93. The Kier molecular flexibility index (Phi) is 5.19. The van der Waals surface area contributed by atoms with Crippen LogP contribution < -0.4 is 0 Å². The Balaban J connectivity index is 1.90. The van der Waals surface area contributed by atoms with Crippen molar-refractivity contribution in [1.29, 1.82) is 0 Å². The van der Waals surface area contributed by atoms with Crippen molar-refractivity contribution in [2.45, 2.75) is 12.3 Å². The lowest BCUT2D eigenvalue weighted by Gasteiger charge is -2.38. The van der Waals surface area contributed by atoms with Gasteiger partial charge in [-0.25, -0.2) is 0 Å². The van der Waals surface area contributed by atoms with Crippen LogP contribution in [0.2, 0.25) is 10.0 Å². The maximum absolute atomic E-state index is 13.4. The van der Waals surface area contributed by atoms with Gasteiger partial charge in [-0.3, -0.25) is 14.7 Å². The highest BCUT2D eigenvalue weighted by Gasteiger charge is 2.51. The van der Waals surface area contributed by atoms with Gasteiger partial charge in [0, 0.05) is 39.5 Å². The molecule has 3 aromatic rings. The van der Waals surface area contributed by atoms with Crippen LogP contribution in [0.4, 0.5) is 0 Å². The van der Waals surface area contributed by atoms with Crippen LogP contribution in [0.25, 0.3) is 0 Å². The van der Waals surface area contributed by atoms with Gasteiger partial charge in [-0.05, 0) is 36.4 Å². The highest BCUT2D eigenvalue weighted by Crippen LogP contribution is 2.46. The van der Waals surface area contributed by atoms with Gasteiger partial charge < -0.3 is 4.74 Å². The molecule has 0 saturated carbocycles. The van der Waals surface area contributed by atoms with Gasteiger partial charge >= 0.3 is 0 Å². The number of hydrogen-bond acceptors (Lipinski definition) is 3. The largest absolute Gasteiger partial charge is 0.350 e. The average Bonchev–Trinajstić information content (AvgIpc) is 2.93. The Morgan fingerprint density at radius 2 is 1.79 bits per heavy atom. The third-order valence-corrected chi connectivity index (χ3v) is 5.81. The minimum Gasteiger partial charge on any atom is -0.350 e. The van der Waals surface area contributed by atoms with E-state index < -0.39 is 5.72 Å². The molecular formula is C21H15BrCl2N2O2. The molecule has 0 fully saturated rings. The predicted octanol–water partition coefficient (Wildman–Crippen LogP) is 5.65. The first-order chi connectivity index (χ1) is 13.5. The van der Waals surface area contributed by atoms with E-state index in [0.717, 1.165) is 15.6 Å². The van der Waals surface area contributed by atoms with E-state index in [1.165, 1.54) is 0 Å². The molecule has 1 aromatic heterocycles. The summed E-state index contributed by atoms with van der Waals surface area (Å²) in [4.78, 5) is 19.4. The molecular weight excluding hydrogens is 463 g/mol. The van der Waals surface area contributed by atoms with Gasteiger partial charge in [0.1, 0.15) is 0 Å². The molecule has 2 heterocycles. The number of methoxy groups -OCH3 is 1. The predicted molar refractivity (Wildman–Crippen MR) is 113 cm³/mol. The number of hydrogen-bond donors (Lipinski definition) is 0. The molecule has 2 aromatic carbocycles. The molecule has 4 nitrogen and oxygen atoms in total. The van der Waals surface area contributed by atoms with Crippen LogP contribution in [-0.4, -0.2) is 22.9 Å². The van der Waals surface area contributed by atoms with E-state index in [9.17, 15) is 4.79 Å². The van der Waals surface area contributed by atoms with Crippen molar-refractivity contribution in [2.75, 3.05) is 7.11 Å². The van der Waals surface area contributed by atoms with Crippen molar-refractivity contribution in [3.63, 3.8) is 0 Å². The summed E-state index contributed by atoms with van der Waals surface area (Å²) < 4.78 is 6.89. The highest BCUT2D eigenvalue weighted by molar-refractivity contribution is 9.10. The summed E-state index contributed by atoms with van der Waals surface area (Å²) in [6.45, 7) is 0.263. The summed E-state index contributed by atoms with van der Waals surface area (Å²) in [6.07, 6.45) is 1.57. The first-order valence-corrected chi connectivity index (χ1v) is 10.0. The molecule has 28 heavy (non-hydrogen) atoms. The fourth-order valence-electron chi connectivity index (χ4n) is 3.59. The molecule has 7 heteroatoms. The Labute approximate surface area is 181 Å². The SMILES string of the molecule is CO[C@]1(c2ccc(Cl)cc2)c2ccc(Br)cc2C(=O)N1Cc1ccc(Cl)cn1. The lowest BCUT2D eigenvalue weighted by Crippen LogP contribution is -2.45. The van der Waals surface area contributed by atoms with Gasteiger partial charge in [0.2, 0.25) is 0 Å². The number of carbonyl (C=O) groups is 1. The maximum atomic E-state index is 13.4. The number of fused-ring (bicyclic) bond motifs is 1. The van der Waals surface area contributed by atoms with E-state index >= 15 is 0 Å². The molecule has 1 atom stereocenters. The van der Waals surface area contributed by atoms with E-state index in [2.05, 4.69) is 20.9 Å². The topological polar surface area (TPSA) is 42.4 Å². The van der Waals surface area contributed by atoms with Crippen molar-refractivity contribution in [1.82, 2.24) is 9.88 Å². The number of benzene rings is 2. The van der Waals surface area contributed by atoms with E-state index in [1.54, 1.807) is 42.5 Å². The highest BCUT2D eigenvalue weighted by atomic mass is 79.9. The van der Waals surface area contributed by atoms with Crippen LogP contribution in [0, 0.1) is 0 Å². The molecule has 4 rings (SSSR count). The number of aromatic nitrogens is 1. The Hall–Kier alpha value is -1.92. The number of carbonyl (C=O) groups excluding carboxylic acids is 1. The fourth-order valence-corrected chi connectivity index (χ4v) is 4.19. The molecule has 0 aliphatic carbocycles. The number of amides is 1. The smallest absolute Gasteiger partial charge is 0.257 e. The van der Waals surface area contributed by atoms with E-state index in [1.807, 2.05) is 30.3 Å². The minimum absolute atomic E-state index is 0.134. The summed E-state index contributed by atoms with van der Waals surface area (Å²) in [6, 6.07) is 16.5. The molecule has 0 unspecified atom stereocenters. The van der Waals surface area contributed by atoms with Crippen LogP contribution >= 0.6 is 39.1 Å². The van der Waals surface area contributed by atoms with Gasteiger partial charge in [-0.2, -0.15) is 0 Å². The second-order valence-corrected chi connectivity index (χ2v) is 8.19. The number of halogens is 3. The molecule has 0 bridgehead atoms. The second-order valence-electron chi connectivity index (χ2n) is 6.40. The Morgan fingerprint density at radius 1 is 1.07 bits per heavy atom. The van der Waals surface area contributed by atoms with Crippen molar-refractivity contribution >= 4 is 45.0 Å². The molecule has 0 radical (unpaired) electrons. The third-order valence-electron chi connectivity index (χ3n) is 4.84. The standard InChI is InChI=1S/C21H15BrCl2N2O2/c1-28-21(13-2-5-15(23)6-3-13)19-9-4-14(22)10-18(19)20(27)26(21)12-17-8-7-16(24)11-25-17/h2-11H,12H2,1H3/t21-/m1/s1. The maximum Gasteiger partial charge on any atom is 0.257 e. The zero-order valence-corrected chi connectivity index (χ0v) is 17.9. The summed E-state index contributed by atoms with van der Waals surface area (Å²) in [5.41, 5.74) is 1.79. The third kappa shape index (κ3) is 3.12. The fraction of sp³-hybridized carbons (Fsp3) is 0.143. The van der Waals surface area contributed by atoms with E-state index in [0.29, 0.717) is 21.3 Å². The van der Waals surface area contributed by atoms with Crippen molar-refractivity contribution in [2.24, 2.45) is 0 Å². The number of ether oxygens (including phenoxy) is 1. The molecule has 0 spiro atoms. The van der Waals surface area contributed by atoms with Crippen molar-refractivity contribution < 1.29 is 9.53 Å². The second kappa shape index (κ2) is 7.48. The van der Waals surface area contributed by atoms with Gasteiger partial charge in [-0.1, -0.05) is 57.3 Å². The molecule has 0 N–H and O–H groups in total. The monoisotopic (exact) mass is 476 g/mol. The summed E-state index contributed by atoms with van der Waals surface area (Å²) in [7, 11) is 1.60. The molecule has 0 saturated heterocycles. The van der Waals surface area contributed by atoms with Crippen LogP contribution in [0.1, 0.15) is 27.2 Å². The summed E-state index contributed by atoms with van der Waals surface area (Å²) in [5.74, 6) is -0.134. The minimum atomic E-state index is -1.08. The molecule has 1 aliphatic rings. The lowest BCUT2D eigenvalue weighted by molar-refractivity contribution is -0.0867. The quantitative estimate of drug-likeness (QED) is 0.487.